The molecule has 170 valence electrons. The zero-order valence-electron chi connectivity index (χ0n) is 20.1. The second-order valence-corrected chi connectivity index (χ2v) is 9.81. The molecular formula is C28H33N5. The van der Waals surface area contributed by atoms with Gasteiger partial charge in [0.15, 0.2) is 0 Å². The fraction of sp³-hybridized carbons (Fsp3) is 0.393. The Morgan fingerprint density at radius 2 is 1.70 bits per heavy atom. The number of nitrogens with zero attached hydrogens (tertiary/aromatic N) is 4. The Morgan fingerprint density at radius 3 is 2.36 bits per heavy atom. The number of hydrogen-bond acceptors (Lipinski definition) is 4. The van der Waals surface area contributed by atoms with Crippen molar-refractivity contribution in [1.29, 1.82) is 0 Å². The van der Waals surface area contributed by atoms with Crippen molar-refractivity contribution in [3.05, 3.63) is 77.1 Å². The SMILES string of the molecule is Cc1cc(-c2[nH]c3ccc(C4CCN(Cc5cncnc5)CC4)cc3c2C(C)C)cc(C)n1. The number of nitrogens with one attached hydrogen (secondary N) is 1. The summed E-state index contributed by atoms with van der Waals surface area (Å²) in [6.07, 6.45) is 7.83. The number of hydrogen-bond donors (Lipinski definition) is 1. The second kappa shape index (κ2) is 9.06. The molecule has 1 aliphatic rings. The summed E-state index contributed by atoms with van der Waals surface area (Å²) in [4.78, 5) is 19.1. The molecule has 1 N–H and O–H groups in total. The normalized spacial score (nSPS) is 15.5. The molecule has 33 heavy (non-hydrogen) atoms. The first-order valence-electron chi connectivity index (χ1n) is 12.1. The highest BCUT2D eigenvalue weighted by molar-refractivity contribution is 5.92. The summed E-state index contributed by atoms with van der Waals surface area (Å²) in [5.74, 6) is 1.05. The van der Waals surface area contributed by atoms with E-state index in [0.29, 0.717) is 11.8 Å². The van der Waals surface area contributed by atoms with Crippen molar-refractivity contribution in [1.82, 2.24) is 24.8 Å². The van der Waals surface area contributed by atoms with Gasteiger partial charge in [0.2, 0.25) is 0 Å². The van der Waals surface area contributed by atoms with Gasteiger partial charge in [0, 0.05) is 52.4 Å². The quantitative estimate of drug-likeness (QED) is 0.406. The predicted octanol–water partition coefficient (Wildman–Crippen LogP) is 6.14. The third kappa shape index (κ3) is 4.55. The van der Waals surface area contributed by atoms with Crippen molar-refractivity contribution < 1.29 is 0 Å². The molecule has 1 aliphatic heterocycles. The van der Waals surface area contributed by atoms with Crippen LogP contribution < -0.4 is 0 Å². The number of benzene rings is 1. The lowest BCUT2D eigenvalue weighted by molar-refractivity contribution is 0.204. The summed E-state index contributed by atoms with van der Waals surface area (Å²) in [5, 5.41) is 1.37. The van der Waals surface area contributed by atoms with E-state index in [0.717, 1.165) is 31.0 Å². The van der Waals surface area contributed by atoms with Gasteiger partial charge in [-0.05, 0) is 87.0 Å². The molecule has 1 fully saturated rings. The van der Waals surface area contributed by atoms with Crippen molar-refractivity contribution in [2.24, 2.45) is 0 Å². The maximum Gasteiger partial charge on any atom is 0.115 e. The number of pyridine rings is 1. The van der Waals surface area contributed by atoms with Crippen LogP contribution >= 0.6 is 0 Å². The summed E-state index contributed by atoms with van der Waals surface area (Å²) in [5.41, 5.74) is 9.91. The van der Waals surface area contributed by atoms with Gasteiger partial charge < -0.3 is 4.98 Å². The van der Waals surface area contributed by atoms with E-state index in [2.05, 4.69) is 82.9 Å². The van der Waals surface area contributed by atoms with Crippen LogP contribution in [0.1, 0.15) is 66.6 Å². The third-order valence-electron chi connectivity index (χ3n) is 6.89. The van der Waals surface area contributed by atoms with E-state index >= 15 is 0 Å². The van der Waals surface area contributed by atoms with Gasteiger partial charge in [0.1, 0.15) is 6.33 Å². The maximum absolute atomic E-state index is 4.57. The Morgan fingerprint density at radius 1 is 1.00 bits per heavy atom. The number of fused-ring (bicyclic) bond motifs is 1. The minimum Gasteiger partial charge on any atom is -0.354 e. The van der Waals surface area contributed by atoms with E-state index < -0.39 is 0 Å². The number of aromatic amines is 1. The van der Waals surface area contributed by atoms with Gasteiger partial charge in [-0.2, -0.15) is 0 Å². The Bertz CT molecular complexity index is 1230. The van der Waals surface area contributed by atoms with Crippen molar-refractivity contribution in [3.8, 4) is 11.3 Å². The Hall–Kier alpha value is -3.05. The Kier molecular flexibility index (Phi) is 5.98. The molecule has 0 spiro atoms. The summed E-state index contributed by atoms with van der Waals surface area (Å²) in [6, 6.07) is 11.5. The number of rotatable bonds is 5. The van der Waals surface area contributed by atoms with Gasteiger partial charge in [0.25, 0.3) is 0 Å². The second-order valence-electron chi connectivity index (χ2n) is 9.81. The molecule has 3 aromatic heterocycles. The Balaban J connectivity index is 1.41. The van der Waals surface area contributed by atoms with Gasteiger partial charge in [0.05, 0.1) is 5.69 Å². The minimum absolute atomic E-state index is 0.438. The maximum atomic E-state index is 4.57. The molecule has 5 nitrogen and oxygen atoms in total. The number of likely N-dealkylation sites (tertiary alicyclic amines) is 1. The topological polar surface area (TPSA) is 57.7 Å². The molecule has 0 saturated carbocycles. The monoisotopic (exact) mass is 439 g/mol. The summed E-state index contributed by atoms with van der Waals surface area (Å²) < 4.78 is 0. The van der Waals surface area contributed by atoms with Crippen LogP contribution in [-0.4, -0.2) is 37.9 Å². The summed E-state index contributed by atoms with van der Waals surface area (Å²) in [6.45, 7) is 11.9. The van der Waals surface area contributed by atoms with Gasteiger partial charge in [-0.1, -0.05) is 19.9 Å². The smallest absolute Gasteiger partial charge is 0.115 e. The van der Waals surface area contributed by atoms with E-state index in [1.807, 2.05) is 12.4 Å². The fourth-order valence-electron chi connectivity index (χ4n) is 5.38. The molecule has 4 heterocycles. The third-order valence-corrected chi connectivity index (χ3v) is 6.89. The van der Waals surface area contributed by atoms with Crippen LogP contribution in [0.3, 0.4) is 0 Å². The largest absolute Gasteiger partial charge is 0.354 e. The molecule has 0 bridgehead atoms. The van der Waals surface area contributed by atoms with Crippen molar-refractivity contribution >= 4 is 10.9 Å². The molecule has 5 rings (SSSR count). The van der Waals surface area contributed by atoms with Crippen molar-refractivity contribution in [2.45, 2.75) is 58.9 Å². The van der Waals surface area contributed by atoms with Crippen LogP contribution in [0.15, 0.2) is 49.1 Å². The fourth-order valence-corrected chi connectivity index (χ4v) is 5.38. The van der Waals surface area contributed by atoms with E-state index in [1.165, 1.54) is 51.7 Å². The van der Waals surface area contributed by atoms with Crippen LogP contribution in [0.4, 0.5) is 0 Å². The number of H-pyrrole nitrogens is 1. The minimum atomic E-state index is 0.438. The number of aryl methyl sites for hydroxylation is 2. The van der Waals surface area contributed by atoms with Crippen LogP contribution in [0.5, 0.6) is 0 Å². The average Bonchev–Trinajstić information content (AvgIpc) is 3.19. The molecule has 1 aromatic carbocycles. The molecular weight excluding hydrogens is 406 g/mol. The van der Waals surface area contributed by atoms with Gasteiger partial charge >= 0.3 is 0 Å². The predicted molar refractivity (Wildman–Crippen MR) is 134 cm³/mol. The first-order chi connectivity index (χ1) is 16.0. The molecule has 0 atom stereocenters. The van der Waals surface area contributed by atoms with Crippen LogP contribution in [0.2, 0.25) is 0 Å². The van der Waals surface area contributed by atoms with Gasteiger partial charge in [-0.15, -0.1) is 0 Å². The van der Waals surface area contributed by atoms with Crippen molar-refractivity contribution in [3.63, 3.8) is 0 Å². The number of piperidine rings is 1. The van der Waals surface area contributed by atoms with Gasteiger partial charge in [-0.25, -0.2) is 9.97 Å². The van der Waals surface area contributed by atoms with E-state index in [1.54, 1.807) is 6.33 Å². The van der Waals surface area contributed by atoms with Crippen LogP contribution in [0, 0.1) is 13.8 Å². The lowest BCUT2D eigenvalue weighted by Crippen LogP contribution is -2.32. The zero-order chi connectivity index (χ0) is 22.9. The number of aromatic nitrogens is 4. The Labute approximate surface area is 196 Å². The molecule has 1 saturated heterocycles. The standard InChI is InChI=1S/C28H33N5/c1-18(2)27-25-13-23(22-7-9-33(10-8-22)16-21-14-29-17-30-15-21)5-6-26(25)32-28(27)24-11-19(3)31-20(4)12-24/h5-6,11-15,17-18,22,32H,7-10,16H2,1-4H3. The molecule has 0 aliphatic carbocycles. The van der Waals surface area contributed by atoms with E-state index in [4.69, 9.17) is 0 Å². The zero-order valence-corrected chi connectivity index (χ0v) is 20.1. The van der Waals surface area contributed by atoms with Crippen molar-refractivity contribution in [2.75, 3.05) is 13.1 Å². The molecule has 4 aromatic rings. The molecule has 0 unspecified atom stereocenters. The highest BCUT2D eigenvalue weighted by Gasteiger charge is 2.23. The molecule has 5 heteroatoms. The first kappa shape index (κ1) is 21.8. The summed E-state index contributed by atoms with van der Waals surface area (Å²) >= 11 is 0. The first-order valence-corrected chi connectivity index (χ1v) is 12.1. The highest BCUT2D eigenvalue weighted by Crippen LogP contribution is 2.38. The van der Waals surface area contributed by atoms with Crippen LogP contribution in [0.25, 0.3) is 22.2 Å². The molecule has 0 radical (unpaired) electrons. The lowest BCUT2D eigenvalue weighted by Gasteiger charge is -2.32. The highest BCUT2D eigenvalue weighted by atomic mass is 15.1. The van der Waals surface area contributed by atoms with E-state index in [9.17, 15) is 0 Å². The average molecular weight is 440 g/mol. The molecule has 0 amide bonds. The lowest BCUT2D eigenvalue weighted by atomic mass is 9.87. The van der Waals surface area contributed by atoms with Gasteiger partial charge in [-0.3, -0.25) is 9.88 Å². The van der Waals surface area contributed by atoms with E-state index in [-0.39, 0.29) is 0 Å². The van der Waals surface area contributed by atoms with Crippen LogP contribution in [-0.2, 0) is 6.54 Å². The summed E-state index contributed by atoms with van der Waals surface area (Å²) in [7, 11) is 0.